The molecule has 0 saturated carbocycles. The van der Waals surface area contributed by atoms with Crippen molar-refractivity contribution in [3.8, 4) is 11.5 Å². The number of carbonyl (C=O) groups is 1. The molecule has 1 amide bonds. The first-order valence-corrected chi connectivity index (χ1v) is 7.23. The summed E-state index contributed by atoms with van der Waals surface area (Å²) in [5.74, 6) is 0.782. The Morgan fingerprint density at radius 1 is 1.12 bits per heavy atom. The van der Waals surface area contributed by atoms with E-state index >= 15 is 0 Å². The molecule has 5 nitrogen and oxygen atoms in total. The Morgan fingerprint density at radius 2 is 1.83 bits per heavy atom. The molecule has 124 valence electrons. The maximum atomic E-state index is 12.1. The molecule has 0 fully saturated rings. The zero-order valence-electron chi connectivity index (χ0n) is 13.6. The van der Waals surface area contributed by atoms with Crippen molar-refractivity contribution in [2.24, 2.45) is 0 Å². The third-order valence-electron chi connectivity index (χ3n) is 3.33. The number of hydrogen-bond acceptors (Lipinski definition) is 4. The standard InChI is InChI=1S/C19H19NO4/c1-13(21)15-6-4-5-7-16(15)20-19(22)11-9-14-8-10-17(23-2)18(12-14)24-3/h4-12,21H,1H2,2-3H3,(H,20,22)/b11-9+. The molecule has 0 bridgehead atoms. The minimum Gasteiger partial charge on any atom is -0.508 e. The molecular weight excluding hydrogens is 306 g/mol. The summed E-state index contributed by atoms with van der Waals surface area (Å²) in [4.78, 5) is 12.1. The Labute approximate surface area is 140 Å². The molecule has 0 aliphatic carbocycles. The van der Waals surface area contributed by atoms with Gasteiger partial charge in [-0.3, -0.25) is 4.79 Å². The largest absolute Gasteiger partial charge is 0.508 e. The second-order valence-corrected chi connectivity index (χ2v) is 4.93. The lowest BCUT2D eigenvalue weighted by molar-refractivity contribution is -0.111. The summed E-state index contributed by atoms with van der Waals surface area (Å²) in [6.07, 6.45) is 3.06. The fourth-order valence-corrected chi connectivity index (χ4v) is 2.15. The molecule has 0 unspecified atom stereocenters. The van der Waals surface area contributed by atoms with Crippen LogP contribution in [0.3, 0.4) is 0 Å². The molecule has 0 heterocycles. The predicted octanol–water partition coefficient (Wildman–Crippen LogP) is 3.88. The molecule has 0 aliphatic rings. The van der Waals surface area contributed by atoms with Gasteiger partial charge in [-0.15, -0.1) is 0 Å². The Morgan fingerprint density at radius 3 is 2.50 bits per heavy atom. The normalized spacial score (nSPS) is 10.4. The fraction of sp³-hybridized carbons (Fsp3) is 0.105. The zero-order chi connectivity index (χ0) is 17.5. The van der Waals surface area contributed by atoms with Crippen LogP contribution in [0.5, 0.6) is 11.5 Å². The number of rotatable bonds is 6. The van der Waals surface area contributed by atoms with Crippen molar-refractivity contribution in [1.29, 1.82) is 0 Å². The third-order valence-corrected chi connectivity index (χ3v) is 3.33. The lowest BCUT2D eigenvalue weighted by atomic mass is 10.1. The van der Waals surface area contributed by atoms with Crippen LogP contribution in [0.15, 0.2) is 55.1 Å². The number of anilines is 1. The van der Waals surface area contributed by atoms with E-state index in [2.05, 4.69) is 11.9 Å². The summed E-state index contributed by atoms with van der Waals surface area (Å²) < 4.78 is 10.4. The van der Waals surface area contributed by atoms with E-state index in [4.69, 9.17) is 9.47 Å². The van der Waals surface area contributed by atoms with E-state index in [1.54, 1.807) is 56.7 Å². The van der Waals surface area contributed by atoms with Gasteiger partial charge in [0.05, 0.1) is 19.9 Å². The minimum atomic E-state index is -0.321. The summed E-state index contributed by atoms with van der Waals surface area (Å²) in [6.45, 7) is 3.48. The molecule has 2 aromatic carbocycles. The highest BCUT2D eigenvalue weighted by Gasteiger charge is 2.07. The number of amides is 1. The highest BCUT2D eigenvalue weighted by atomic mass is 16.5. The predicted molar refractivity (Wildman–Crippen MR) is 95.3 cm³/mol. The van der Waals surface area contributed by atoms with Crippen LogP contribution >= 0.6 is 0 Å². The molecule has 0 aliphatic heterocycles. The minimum absolute atomic E-state index is 0.102. The monoisotopic (exact) mass is 325 g/mol. The van der Waals surface area contributed by atoms with E-state index in [1.165, 1.54) is 6.08 Å². The average molecular weight is 325 g/mol. The molecule has 24 heavy (non-hydrogen) atoms. The molecular formula is C19H19NO4. The molecule has 0 atom stereocenters. The van der Waals surface area contributed by atoms with Crippen LogP contribution < -0.4 is 14.8 Å². The van der Waals surface area contributed by atoms with Crippen molar-refractivity contribution in [2.75, 3.05) is 19.5 Å². The van der Waals surface area contributed by atoms with E-state index < -0.39 is 0 Å². The SMILES string of the molecule is C=C(O)c1ccccc1NC(=O)/C=C/c1ccc(OC)c(OC)c1. The number of aliphatic hydroxyl groups is 1. The van der Waals surface area contributed by atoms with Crippen LogP contribution in [0.1, 0.15) is 11.1 Å². The van der Waals surface area contributed by atoms with Gasteiger partial charge >= 0.3 is 0 Å². The number of nitrogens with one attached hydrogen (secondary N) is 1. The summed E-state index contributed by atoms with van der Waals surface area (Å²) in [6, 6.07) is 12.2. The first-order valence-electron chi connectivity index (χ1n) is 7.23. The fourth-order valence-electron chi connectivity index (χ4n) is 2.15. The first kappa shape index (κ1) is 17.1. The highest BCUT2D eigenvalue weighted by Crippen LogP contribution is 2.28. The van der Waals surface area contributed by atoms with Crippen molar-refractivity contribution in [1.82, 2.24) is 0 Å². The second kappa shape index (κ2) is 7.87. The van der Waals surface area contributed by atoms with Crippen molar-refractivity contribution >= 4 is 23.4 Å². The maximum absolute atomic E-state index is 12.1. The summed E-state index contributed by atoms with van der Waals surface area (Å²) in [5.41, 5.74) is 1.76. The maximum Gasteiger partial charge on any atom is 0.248 e. The number of ether oxygens (including phenoxy) is 2. The van der Waals surface area contributed by atoms with Gasteiger partial charge in [-0.05, 0) is 35.9 Å². The Hall–Kier alpha value is -3.21. The number of aliphatic hydroxyl groups excluding tert-OH is 1. The van der Waals surface area contributed by atoms with Crippen molar-refractivity contribution in [3.63, 3.8) is 0 Å². The molecule has 0 spiro atoms. The van der Waals surface area contributed by atoms with Crippen molar-refractivity contribution in [3.05, 3.63) is 66.2 Å². The van der Waals surface area contributed by atoms with Gasteiger partial charge in [0.2, 0.25) is 5.91 Å². The number of benzene rings is 2. The summed E-state index contributed by atoms with van der Waals surface area (Å²) in [7, 11) is 3.12. The number of carbonyl (C=O) groups excluding carboxylic acids is 1. The molecule has 0 radical (unpaired) electrons. The van der Waals surface area contributed by atoms with Gasteiger partial charge in [0, 0.05) is 11.6 Å². The van der Waals surface area contributed by atoms with Gasteiger partial charge in [0.15, 0.2) is 11.5 Å². The quantitative estimate of drug-likeness (QED) is 0.625. The van der Waals surface area contributed by atoms with Crippen LogP contribution in [0.25, 0.3) is 11.8 Å². The smallest absolute Gasteiger partial charge is 0.248 e. The van der Waals surface area contributed by atoms with Gasteiger partial charge in [0.1, 0.15) is 5.76 Å². The van der Waals surface area contributed by atoms with Crippen LogP contribution in [0.2, 0.25) is 0 Å². The van der Waals surface area contributed by atoms with Gasteiger partial charge in [-0.2, -0.15) is 0 Å². The Balaban J connectivity index is 2.13. The molecule has 2 rings (SSSR count). The third kappa shape index (κ3) is 4.16. The summed E-state index contributed by atoms with van der Waals surface area (Å²) in [5, 5.41) is 12.3. The highest BCUT2D eigenvalue weighted by molar-refractivity contribution is 6.03. The van der Waals surface area contributed by atoms with Gasteiger partial charge in [-0.25, -0.2) is 0 Å². The Kier molecular flexibility index (Phi) is 5.63. The van der Waals surface area contributed by atoms with Crippen LogP contribution in [-0.2, 0) is 4.79 Å². The summed E-state index contributed by atoms with van der Waals surface area (Å²) >= 11 is 0. The molecule has 2 N–H and O–H groups in total. The van der Waals surface area contributed by atoms with E-state index in [-0.39, 0.29) is 11.7 Å². The van der Waals surface area contributed by atoms with Gasteiger partial charge in [0.25, 0.3) is 0 Å². The van der Waals surface area contributed by atoms with Crippen molar-refractivity contribution in [2.45, 2.75) is 0 Å². The van der Waals surface area contributed by atoms with E-state index in [1.807, 2.05) is 6.07 Å². The van der Waals surface area contributed by atoms with Crippen LogP contribution in [-0.4, -0.2) is 25.2 Å². The van der Waals surface area contributed by atoms with E-state index in [9.17, 15) is 9.90 Å². The van der Waals surface area contributed by atoms with Crippen molar-refractivity contribution < 1.29 is 19.4 Å². The van der Waals surface area contributed by atoms with E-state index in [0.717, 1.165) is 5.56 Å². The van der Waals surface area contributed by atoms with Gasteiger partial charge in [-0.1, -0.05) is 24.8 Å². The lowest BCUT2D eigenvalue weighted by Crippen LogP contribution is -2.09. The number of para-hydroxylation sites is 1. The Bertz CT molecular complexity index is 781. The second-order valence-electron chi connectivity index (χ2n) is 4.93. The zero-order valence-corrected chi connectivity index (χ0v) is 13.6. The van der Waals surface area contributed by atoms with Crippen LogP contribution in [0.4, 0.5) is 5.69 Å². The first-order chi connectivity index (χ1) is 11.5. The van der Waals surface area contributed by atoms with E-state index in [0.29, 0.717) is 22.7 Å². The molecule has 0 saturated heterocycles. The lowest BCUT2D eigenvalue weighted by Gasteiger charge is -2.09. The molecule has 2 aromatic rings. The number of methoxy groups -OCH3 is 2. The van der Waals surface area contributed by atoms with Gasteiger partial charge < -0.3 is 19.9 Å². The van der Waals surface area contributed by atoms with Crippen LogP contribution in [0, 0.1) is 0 Å². The topological polar surface area (TPSA) is 67.8 Å². The average Bonchev–Trinajstić information content (AvgIpc) is 2.59. The number of hydrogen-bond donors (Lipinski definition) is 2. The molecule has 5 heteroatoms. The molecule has 0 aromatic heterocycles.